The van der Waals surface area contributed by atoms with E-state index in [9.17, 15) is 4.79 Å². The molecule has 1 unspecified atom stereocenters. The molecule has 9 heteroatoms. The third-order valence-electron chi connectivity index (χ3n) is 0.986. The summed E-state index contributed by atoms with van der Waals surface area (Å²) in [7, 11) is 0. The zero-order valence-corrected chi connectivity index (χ0v) is 15.4. The minimum atomic E-state index is -1.61. The van der Waals surface area contributed by atoms with Gasteiger partial charge in [0.2, 0.25) is 4.27 Å². The summed E-state index contributed by atoms with van der Waals surface area (Å²) >= 11 is 4.52. The van der Waals surface area contributed by atoms with Crippen LogP contribution in [0, 0.1) is 0 Å². The average molecular weight is 248 g/mol. The molecule has 4 nitrogen and oxygen atoms in total. The van der Waals surface area contributed by atoms with Crippen molar-refractivity contribution in [2.75, 3.05) is 0 Å². The topological polar surface area (TPSA) is 69.6 Å². The maximum atomic E-state index is 10.3. The summed E-state index contributed by atoms with van der Waals surface area (Å²) in [6.45, 7) is 0. The zero-order valence-electron chi connectivity index (χ0n) is 7.74. The molecule has 1 heterocycles. The Kier molecular flexibility index (Phi) is 14.2. The maximum absolute atomic E-state index is 10.3. The Morgan fingerprint density at radius 3 is 2.15 bits per heavy atom. The van der Waals surface area contributed by atoms with E-state index in [-0.39, 0.29) is 94.2 Å². The van der Waals surface area contributed by atoms with Gasteiger partial charge in [-0.3, -0.25) is 0 Å². The van der Waals surface area contributed by atoms with Gasteiger partial charge in [0.25, 0.3) is 0 Å². The number of aliphatic hydroxyl groups is 1. The van der Waals surface area contributed by atoms with Crippen molar-refractivity contribution in [1.82, 2.24) is 4.72 Å². The monoisotopic (exact) mass is 248 g/mol. The van der Waals surface area contributed by atoms with Crippen molar-refractivity contribution in [3.8, 4) is 0 Å². The van der Waals surface area contributed by atoms with E-state index >= 15 is 0 Å². The Hall–Kier alpha value is 2.67. The second-order valence-electron chi connectivity index (χ2n) is 1.69. The van der Waals surface area contributed by atoms with Crippen LogP contribution in [0.15, 0.2) is 11.8 Å². The van der Waals surface area contributed by atoms with Gasteiger partial charge in [-0.2, -0.15) is 0 Å². The number of carboxylic acids is 1. The van der Waals surface area contributed by atoms with Gasteiger partial charge in [-0.05, 0) is 11.9 Å². The van der Waals surface area contributed by atoms with Crippen LogP contribution >= 0.6 is 24.6 Å². The molecule has 0 fully saturated rings. The van der Waals surface area contributed by atoms with Gasteiger partial charge in [0.1, 0.15) is 5.57 Å². The van der Waals surface area contributed by atoms with Crippen LogP contribution in [0.2, 0.25) is 0 Å². The summed E-state index contributed by atoms with van der Waals surface area (Å²) in [6, 6.07) is 0. The predicted molar refractivity (Wildman–Crippen MR) is 57.6 cm³/mol. The quantitative estimate of drug-likeness (QED) is 0.200. The molecule has 1 rings (SSSR count). The second kappa shape index (κ2) is 8.78. The van der Waals surface area contributed by atoms with Crippen LogP contribution < -0.4 is 4.72 Å². The Labute approximate surface area is 152 Å². The van der Waals surface area contributed by atoms with Crippen molar-refractivity contribution in [1.29, 1.82) is 0 Å². The second-order valence-corrected chi connectivity index (χ2v) is 3.67. The van der Waals surface area contributed by atoms with Crippen molar-refractivity contribution < 1.29 is 15.0 Å². The first kappa shape index (κ1) is 21.0. The minimum Gasteiger partial charge on any atom is -0.478 e. The number of nitrogens with one attached hydrogen (secondary N) is 1. The van der Waals surface area contributed by atoms with Crippen molar-refractivity contribution >= 4 is 119 Å². The summed E-state index contributed by atoms with van der Waals surface area (Å²) in [4.78, 5) is 10.3. The number of hydrogen-bond acceptors (Lipinski definition) is 5. The van der Waals surface area contributed by atoms with Crippen LogP contribution in [0.3, 0.4) is 0 Å². The van der Waals surface area contributed by atoms with Crippen molar-refractivity contribution in [3.63, 3.8) is 0 Å². The minimum absolute atomic E-state index is 0. The average Bonchev–Trinajstić information content (AvgIpc) is 2.08. The van der Waals surface area contributed by atoms with Gasteiger partial charge in [-0.1, -0.05) is 0 Å². The Bertz CT molecular complexity index is 211. The Morgan fingerprint density at radius 2 is 2.00 bits per heavy atom. The molecule has 0 amide bonds. The van der Waals surface area contributed by atoms with Crippen LogP contribution in [0.1, 0.15) is 0 Å². The van der Waals surface area contributed by atoms with E-state index in [0.717, 1.165) is 11.9 Å². The van der Waals surface area contributed by atoms with Crippen LogP contribution in [0.4, 0.5) is 0 Å². The first-order valence-electron chi connectivity index (χ1n) is 2.36. The normalized spacial score (nSPS) is 24.0. The first-order valence-corrected chi connectivity index (χ1v) is 3.62. The van der Waals surface area contributed by atoms with Gasteiger partial charge in [-0.15, -0.1) is 12.6 Å². The fraction of sp³-hybridized carbons (Fsp3) is 0.250. The number of rotatable bonds is 1. The van der Waals surface area contributed by atoms with Crippen LogP contribution in [-0.4, -0.2) is 109 Å². The molecule has 1 aliphatic rings. The molecular weight excluding hydrogens is 243 g/mol. The number of carboxylic acid groups (broad SMARTS) is 1. The number of hydrogen-bond donors (Lipinski definition) is 4. The van der Waals surface area contributed by atoms with Gasteiger partial charge in [0, 0.05) is 94.9 Å². The summed E-state index contributed by atoms with van der Waals surface area (Å²) < 4.78 is 0.886. The molecule has 0 saturated heterocycles. The van der Waals surface area contributed by atoms with Crippen LogP contribution in [0.5, 0.6) is 0 Å². The van der Waals surface area contributed by atoms with E-state index in [1.807, 2.05) is 0 Å². The summed E-state index contributed by atoms with van der Waals surface area (Å²) in [5, 5.41) is 17.6. The third-order valence-corrected chi connectivity index (χ3v) is 2.24. The molecule has 3 radical (unpaired) electrons. The molecular formula is C4H5NNa3O3S2. The van der Waals surface area contributed by atoms with E-state index in [0.29, 0.717) is 0 Å². The Balaban J connectivity index is -0.000000333. The fourth-order valence-electron chi connectivity index (χ4n) is 0.521. The molecule has 0 saturated carbocycles. The summed E-state index contributed by atoms with van der Waals surface area (Å²) in [6.07, 6.45) is 1.21. The van der Waals surface area contributed by atoms with E-state index in [2.05, 4.69) is 17.4 Å². The van der Waals surface area contributed by atoms with E-state index in [1.54, 1.807) is 0 Å². The Morgan fingerprint density at radius 1 is 1.54 bits per heavy atom. The van der Waals surface area contributed by atoms with Crippen LogP contribution in [-0.2, 0) is 4.79 Å². The van der Waals surface area contributed by atoms with Gasteiger partial charge in [0.05, 0.1) is 0 Å². The van der Waals surface area contributed by atoms with Crippen molar-refractivity contribution in [2.45, 2.75) is 4.27 Å². The number of aliphatic carboxylic acids is 1. The standard InChI is InChI=1S/C4H5NO3S2.3Na/c6-3(7)2-1-5-10-4(2,8)9;;;/h1,5,8-9H,(H,6,7);;;. The van der Waals surface area contributed by atoms with Crippen molar-refractivity contribution in [2.24, 2.45) is 0 Å². The molecule has 1 atom stereocenters. The van der Waals surface area contributed by atoms with Crippen molar-refractivity contribution in [3.05, 3.63) is 11.8 Å². The zero-order chi connectivity index (χ0) is 7.78. The molecule has 1 aliphatic heterocycles. The molecule has 0 aromatic rings. The van der Waals surface area contributed by atoms with Crippen LogP contribution in [0.25, 0.3) is 0 Å². The van der Waals surface area contributed by atoms with Gasteiger partial charge in [0.15, 0.2) is 0 Å². The third kappa shape index (κ3) is 6.09. The SMILES string of the molecule is O=C(O)C1=CNSC1(O)S.[Na].[Na].[Na]. The molecule has 0 aliphatic carbocycles. The maximum Gasteiger partial charge on any atom is 0.337 e. The molecule has 13 heavy (non-hydrogen) atoms. The molecule has 0 spiro atoms. The molecule has 59 valence electrons. The summed E-state index contributed by atoms with van der Waals surface area (Å²) in [5.41, 5.74) is -0.152. The predicted octanol–water partition coefficient (Wildman–Crippen LogP) is -1.36. The first-order chi connectivity index (χ1) is 4.54. The smallest absolute Gasteiger partial charge is 0.337 e. The largest absolute Gasteiger partial charge is 0.478 e. The molecule has 0 aromatic carbocycles. The summed E-state index contributed by atoms with van der Waals surface area (Å²) in [5.74, 6) is -1.17. The molecule has 3 N–H and O–H groups in total. The van der Waals surface area contributed by atoms with E-state index in [1.165, 1.54) is 6.20 Å². The fourth-order valence-corrected chi connectivity index (χ4v) is 1.44. The van der Waals surface area contributed by atoms with Gasteiger partial charge in [-0.25, -0.2) is 4.79 Å². The number of carbonyl (C=O) groups is 1. The van der Waals surface area contributed by atoms with Gasteiger partial charge < -0.3 is 14.9 Å². The molecule has 0 bridgehead atoms. The molecule has 0 aromatic heterocycles. The van der Waals surface area contributed by atoms with E-state index < -0.39 is 10.2 Å². The number of thiol groups is 1. The van der Waals surface area contributed by atoms with E-state index in [4.69, 9.17) is 10.2 Å². The van der Waals surface area contributed by atoms with Gasteiger partial charge >= 0.3 is 5.97 Å².